The third-order valence-electron chi connectivity index (χ3n) is 6.97. The van der Waals surface area contributed by atoms with Crippen molar-refractivity contribution in [3.63, 3.8) is 0 Å². The first kappa shape index (κ1) is 31.2. The number of nitrogens with zero attached hydrogens (tertiary/aromatic N) is 5. The van der Waals surface area contributed by atoms with Crippen molar-refractivity contribution in [2.24, 2.45) is 0 Å². The van der Waals surface area contributed by atoms with Gasteiger partial charge in [-0.05, 0) is 51.7 Å². The maximum atomic E-state index is 6.70. The molecule has 0 spiro atoms. The zero-order valence-electron chi connectivity index (χ0n) is 25.4. The van der Waals surface area contributed by atoms with Crippen molar-refractivity contribution < 1.29 is 14.2 Å². The maximum absolute atomic E-state index is 6.70. The number of rotatable bonds is 14. The molecule has 1 aliphatic heterocycles. The second-order valence-electron chi connectivity index (χ2n) is 10.2. The Balaban J connectivity index is 1.69. The topological polar surface area (TPSA) is 99.3 Å². The van der Waals surface area contributed by atoms with Gasteiger partial charge in [0.15, 0.2) is 0 Å². The van der Waals surface area contributed by atoms with Crippen molar-refractivity contribution in [2.75, 3.05) is 70.6 Å². The van der Waals surface area contributed by atoms with Crippen LogP contribution in [0.3, 0.4) is 0 Å². The number of ether oxygens (including phenoxy) is 3. The van der Waals surface area contributed by atoms with E-state index in [9.17, 15) is 0 Å². The normalized spacial score (nSPS) is 13.6. The SMILES string of the molecule is COc1ccc(Nc2nc(NC3=CN(CCN(C)C)NC3)ncc2CN(c2c(C)cccc2Cl)C(C)OC)c(OC)c1. The van der Waals surface area contributed by atoms with Gasteiger partial charge in [0.2, 0.25) is 5.95 Å². The molecule has 1 aliphatic rings. The van der Waals surface area contributed by atoms with Gasteiger partial charge in [0.25, 0.3) is 0 Å². The highest BCUT2D eigenvalue weighted by atomic mass is 35.5. The van der Waals surface area contributed by atoms with Gasteiger partial charge < -0.3 is 39.7 Å². The summed E-state index contributed by atoms with van der Waals surface area (Å²) in [5.74, 6) is 2.40. The van der Waals surface area contributed by atoms with Crippen LogP contribution in [0.2, 0.25) is 5.02 Å². The Morgan fingerprint density at radius 3 is 2.62 bits per heavy atom. The van der Waals surface area contributed by atoms with Crippen molar-refractivity contribution in [3.8, 4) is 11.5 Å². The van der Waals surface area contributed by atoms with Gasteiger partial charge in [0.1, 0.15) is 23.5 Å². The molecule has 0 saturated carbocycles. The summed E-state index contributed by atoms with van der Waals surface area (Å²) < 4.78 is 16.8. The number of aromatic nitrogens is 2. The summed E-state index contributed by atoms with van der Waals surface area (Å²) >= 11 is 6.70. The molecule has 0 bridgehead atoms. The Bertz CT molecular complexity index is 1370. The van der Waals surface area contributed by atoms with E-state index in [1.54, 1.807) is 21.3 Å². The third-order valence-corrected chi connectivity index (χ3v) is 7.27. The summed E-state index contributed by atoms with van der Waals surface area (Å²) in [4.78, 5) is 13.8. The van der Waals surface area contributed by atoms with Crippen molar-refractivity contribution in [3.05, 3.63) is 70.6 Å². The summed E-state index contributed by atoms with van der Waals surface area (Å²) in [6.45, 7) is 6.90. The Morgan fingerprint density at radius 2 is 1.93 bits per heavy atom. The number of hydrazine groups is 1. The maximum Gasteiger partial charge on any atom is 0.228 e. The van der Waals surface area contributed by atoms with E-state index in [1.807, 2.05) is 62.6 Å². The van der Waals surface area contributed by atoms with Crippen molar-refractivity contribution in [1.29, 1.82) is 0 Å². The zero-order chi connectivity index (χ0) is 30.2. The molecule has 0 radical (unpaired) electrons. The molecule has 2 aromatic carbocycles. The lowest BCUT2D eigenvalue weighted by Crippen LogP contribution is -2.35. The first-order chi connectivity index (χ1) is 20.2. The number of para-hydroxylation sites is 1. The Labute approximate surface area is 253 Å². The molecule has 226 valence electrons. The van der Waals surface area contributed by atoms with Gasteiger partial charge in [-0.1, -0.05) is 23.7 Å². The number of hydrogen-bond acceptors (Lipinski definition) is 11. The summed E-state index contributed by atoms with van der Waals surface area (Å²) in [6.07, 6.45) is 3.59. The standard InChI is InChI=1S/C30H41ClN8O3/c1-20-9-8-10-25(31)28(20)39(21(2)40-5)18-22-16-32-30(34-23-17-33-38(19-23)14-13-37(3)4)36-29(22)35-26-12-11-24(41-6)15-27(26)42-7/h8-12,15-16,19,21,33H,13-14,17-18H2,1-7H3,(H2,32,34,35,36). The highest BCUT2D eigenvalue weighted by molar-refractivity contribution is 6.33. The number of methoxy groups -OCH3 is 3. The predicted octanol–water partition coefficient (Wildman–Crippen LogP) is 4.83. The van der Waals surface area contributed by atoms with Gasteiger partial charge in [-0.3, -0.25) is 0 Å². The van der Waals surface area contributed by atoms with E-state index >= 15 is 0 Å². The monoisotopic (exact) mass is 596 g/mol. The molecule has 1 aromatic heterocycles. The lowest BCUT2D eigenvalue weighted by Gasteiger charge is -2.32. The summed E-state index contributed by atoms with van der Waals surface area (Å²) in [7, 11) is 9.04. The average molecular weight is 597 g/mol. The van der Waals surface area contributed by atoms with Gasteiger partial charge in [-0.15, -0.1) is 0 Å². The van der Waals surface area contributed by atoms with Crippen LogP contribution in [0.4, 0.5) is 23.1 Å². The molecular formula is C30H41ClN8O3. The van der Waals surface area contributed by atoms with E-state index in [2.05, 4.69) is 49.9 Å². The molecule has 3 aromatic rings. The molecule has 12 heteroatoms. The minimum Gasteiger partial charge on any atom is -0.497 e. The van der Waals surface area contributed by atoms with Gasteiger partial charge in [0, 0.05) is 44.2 Å². The number of halogens is 1. The minimum atomic E-state index is -0.271. The molecule has 0 saturated heterocycles. The van der Waals surface area contributed by atoms with Crippen LogP contribution >= 0.6 is 11.6 Å². The van der Waals surface area contributed by atoms with Gasteiger partial charge in [-0.2, -0.15) is 4.98 Å². The van der Waals surface area contributed by atoms with E-state index in [4.69, 9.17) is 30.8 Å². The second-order valence-corrected chi connectivity index (χ2v) is 10.6. The van der Waals surface area contributed by atoms with Crippen LogP contribution in [0.25, 0.3) is 0 Å². The van der Waals surface area contributed by atoms with E-state index in [0.29, 0.717) is 41.4 Å². The predicted molar refractivity (Wildman–Crippen MR) is 169 cm³/mol. The van der Waals surface area contributed by atoms with Crippen molar-refractivity contribution in [1.82, 2.24) is 25.3 Å². The van der Waals surface area contributed by atoms with Crippen molar-refractivity contribution in [2.45, 2.75) is 26.6 Å². The quantitative estimate of drug-likeness (QED) is 0.223. The zero-order valence-corrected chi connectivity index (χ0v) is 26.1. The Hall–Kier alpha value is -3.77. The van der Waals surface area contributed by atoms with E-state index < -0.39 is 0 Å². The van der Waals surface area contributed by atoms with Crippen LogP contribution < -0.4 is 30.4 Å². The molecule has 1 unspecified atom stereocenters. The third kappa shape index (κ3) is 7.74. The Morgan fingerprint density at radius 1 is 1.12 bits per heavy atom. The molecule has 42 heavy (non-hydrogen) atoms. The van der Waals surface area contributed by atoms with E-state index in [0.717, 1.165) is 41.3 Å². The largest absolute Gasteiger partial charge is 0.497 e. The lowest BCUT2D eigenvalue weighted by atomic mass is 10.1. The molecule has 1 atom stereocenters. The van der Waals surface area contributed by atoms with Crippen LogP contribution in [-0.4, -0.2) is 81.2 Å². The summed E-state index contributed by atoms with van der Waals surface area (Å²) in [6, 6.07) is 11.5. The van der Waals surface area contributed by atoms with Crippen LogP contribution in [0.1, 0.15) is 18.1 Å². The number of hydrogen-bond donors (Lipinski definition) is 3. The van der Waals surface area contributed by atoms with Gasteiger partial charge in [0.05, 0.1) is 49.4 Å². The molecule has 0 fully saturated rings. The second kappa shape index (κ2) is 14.4. The number of aryl methyl sites for hydroxylation is 1. The Kier molecular flexibility index (Phi) is 10.7. The molecule has 11 nitrogen and oxygen atoms in total. The first-order valence-corrected chi connectivity index (χ1v) is 14.1. The van der Waals surface area contributed by atoms with E-state index in [1.165, 1.54) is 0 Å². The van der Waals surface area contributed by atoms with E-state index in [-0.39, 0.29) is 6.23 Å². The first-order valence-electron chi connectivity index (χ1n) is 13.7. The minimum absolute atomic E-state index is 0.271. The number of anilines is 4. The fraction of sp³-hybridized carbons (Fsp3) is 0.400. The fourth-order valence-electron chi connectivity index (χ4n) is 4.54. The molecule has 0 amide bonds. The summed E-state index contributed by atoms with van der Waals surface area (Å²) in [5, 5.41) is 9.54. The van der Waals surface area contributed by atoms with Crippen molar-refractivity contribution >= 4 is 34.7 Å². The number of benzene rings is 2. The fourth-order valence-corrected chi connectivity index (χ4v) is 4.88. The average Bonchev–Trinajstić information content (AvgIpc) is 3.43. The molecular weight excluding hydrogens is 556 g/mol. The molecule has 3 N–H and O–H groups in total. The smallest absolute Gasteiger partial charge is 0.228 e. The van der Waals surface area contributed by atoms with Crippen LogP contribution in [-0.2, 0) is 11.3 Å². The van der Waals surface area contributed by atoms with Crippen LogP contribution in [0.15, 0.2) is 54.5 Å². The lowest BCUT2D eigenvalue weighted by molar-refractivity contribution is 0.113. The van der Waals surface area contributed by atoms with Gasteiger partial charge >= 0.3 is 0 Å². The molecule has 0 aliphatic carbocycles. The van der Waals surface area contributed by atoms with Crippen LogP contribution in [0, 0.1) is 6.92 Å². The molecule has 4 rings (SSSR count). The summed E-state index contributed by atoms with van der Waals surface area (Å²) in [5.41, 5.74) is 7.84. The highest BCUT2D eigenvalue weighted by Gasteiger charge is 2.23. The van der Waals surface area contributed by atoms with Gasteiger partial charge in [-0.25, -0.2) is 10.4 Å². The highest BCUT2D eigenvalue weighted by Crippen LogP contribution is 2.35. The van der Waals surface area contributed by atoms with Crippen LogP contribution in [0.5, 0.6) is 11.5 Å². The molecule has 2 heterocycles. The number of nitrogens with one attached hydrogen (secondary N) is 3. The number of likely N-dealkylation sites (N-methyl/N-ethyl adjacent to an activating group) is 1.